The molecule has 0 N–H and O–H groups in total. The highest BCUT2D eigenvalue weighted by molar-refractivity contribution is 7.80. The van der Waals surface area contributed by atoms with Crippen LogP contribution in [0.4, 0.5) is 5.69 Å². The van der Waals surface area contributed by atoms with Crippen LogP contribution in [0.15, 0.2) is 35.3 Å². The molecule has 0 spiro atoms. The van der Waals surface area contributed by atoms with E-state index in [-0.39, 0.29) is 5.91 Å². The Hall–Kier alpha value is -2.47. The maximum atomic E-state index is 13.1. The molecule has 2 aromatic rings. The van der Waals surface area contributed by atoms with Gasteiger partial charge in [-0.15, -0.1) is 0 Å². The van der Waals surface area contributed by atoms with Crippen molar-refractivity contribution in [1.29, 1.82) is 0 Å². The molecule has 2 heterocycles. The zero-order valence-electron chi connectivity index (χ0n) is 17.3. The number of ether oxygens (including phenoxy) is 1. The number of hydrogen-bond donors (Lipinski definition) is 0. The molecule has 1 aromatic carbocycles. The number of nitrogens with zero attached hydrogens (tertiary/aromatic N) is 3. The Labute approximate surface area is 177 Å². The number of thiocarbonyl (C=S) groups is 1. The maximum Gasteiger partial charge on any atom is 0.279 e. The van der Waals surface area contributed by atoms with Crippen molar-refractivity contribution in [3.05, 3.63) is 47.3 Å². The summed E-state index contributed by atoms with van der Waals surface area (Å²) in [5, 5.41) is 0.304. The summed E-state index contributed by atoms with van der Waals surface area (Å²) in [6, 6.07) is 10.2. The zero-order valence-corrected chi connectivity index (χ0v) is 18.1. The highest BCUT2D eigenvalue weighted by atomic mass is 32.1. The number of carbonyl (C=O) groups excluding carboxylic acids is 1. The number of rotatable bonds is 6. The predicted octanol–water partition coefficient (Wildman–Crippen LogP) is 4.93. The number of anilines is 1. The van der Waals surface area contributed by atoms with Crippen molar-refractivity contribution in [2.45, 2.75) is 58.9 Å². The van der Waals surface area contributed by atoms with E-state index in [9.17, 15) is 4.79 Å². The summed E-state index contributed by atoms with van der Waals surface area (Å²) in [5.74, 6) is 0.638. The third kappa shape index (κ3) is 3.73. The molecule has 0 radical (unpaired) electrons. The first-order valence-corrected chi connectivity index (χ1v) is 10.8. The summed E-state index contributed by atoms with van der Waals surface area (Å²) in [7, 11) is 0. The SMILES string of the molecule is CCOc1ccc(N2C(=O)C(Cc3cc(C)n(C4CCCC4)c3C)=NC2=S)cc1. The molecule has 0 bridgehead atoms. The van der Waals surface area contributed by atoms with Crippen molar-refractivity contribution in [3.63, 3.8) is 0 Å². The molecule has 0 unspecified atom stereocenters. The lowest BCUT2D eigenvalue weighted by Gasteiger charge is -2.17. The topological polar surface area (TPSA) is 46.8 Å². The second-order valence-electron chi connectivity index (χ2n) is 7.79. The minimum atomic E-state index is -0.134. The van der Waals surface area contributed by atoms with Gasteiger partial charge >= 0.3 is 0 Å². The van der Waals surface area contributed by atoms with Crippen molar-refractivity contribution in [1.82, 2.24) is 4.57 Å². The normalized spacial score (nSPS) is 17.3. The Morgan fingerprint density at radius 1 is 1.17 bits per heavy atom. The Morgan fingerprint density at radius 3 is 2.52 bits per heavy atom. The van der Waals surface area contributed by atoms with Gasteiger partial charge in [-0.25, -0.2) is 4.99 Å². The fourth-order valence-electron chi connectivity index (χ4n) is 4.56. The van der Waals surface area contributed by atoms with Crippen molar-refractivity contribution < 1.29 is 9.53 Å². The average Bonchev–Trinajstić information content (AvgIpc) is 3.37. The molecule has 2 aliphatic rings. The van der Waals surface area contributed by atoms with E-state index in [4.69, 9.17) is 17.0 Å². The van der Waals surface area contributed by atoms with Gasteiger partial charge in [0.05, 0.1) is 12.3 Å². The van der Waals surface area contributed by atoms with Crippen LogP contribution in [0.1, 0.15) is 55.6 Å². The van der Waals surface area contributed by atoms with E-state index >= 15 is 0 Å². The first-order valence-electron chi connectivity index (χ1n) is 10.4. The third-order valence-corrected chi connectivity index (χ3v) is 6.19. The zero-order chi connectivity index (χ0) is 20.5. The third-order valence-electron chi connectivity index (χ3n) is 5.91. The van der Waals surface area contributed by atoms with Crippen molar-refractivity contribution >= 4 is 34.6 Å². The number of aromatic nitrogens is 1. The van der Waals surface area contributed by atoms with Gasteiger partial charge in [0.25, 0.3) is 5.91 Å². The van der Waals surface area contributed by atoms with Gasteiger partial charge in [0.2, 0.25) is 5.11 Å². The number of aliphatic imine (C=N–C) groups is 1. The Morgan fingerprint density at radius 2 is 1.86 bits per heavy atom. The Bertz CT molecular complexity index is 969. The molecule has 1 fully saturated rings. The predicted molar refractivity (Wildman–Crippen MR) is 120 cm³/mol. The molecule has 5 nitrogen and oxygen atoms in total. The summed E-state index contributed by atoms with van der Waals surface area (Å²) in [6.45, 7) is 6.86. The van der Waals surface area contributed by atoms with E-state index in [0.29, 0.717) is 29.9 Å². The molecule has 152 valence electrons. The van der Waals surface area contributed by atoms with Gasteiger partial charge in [-0.3, -0.25) is 9.69 Å². The number of benzene rings is 1. The first-order chi connectivity index (χ1) is 14.0. The van der Waals surface area contributed by atoms with Crippen LogP contribution in [0.5, 0.6) is 5.75 Å². The van der Waals surface area contributed by atoms with Crippen LogP contribution >= 0.6 is 12.2 Å². The second kappa shape index (κ2) is 8.11. The largest absolute Gasteiger partial charge is 0.494 e. The van der Waals surface area contributed by atoms with E-state index < -0.39 is 0 Å². The molecule has 1 aliphatic heterocycles. The van der Waals surface area contributed by atoms with Crippen LogP contribution in [0, 0.1) is 13.8 Å². The summed E-state index contributed by atoms with van der Waals surface area (Å²) < 4.78 is 7.93. The molecule has 0 atom stereocenters. The van der Waals surface area contributed by atoms with Gasteiger partial charge < -0.3 is 9.30 Å². The molecule has 1 aliphatic carbocycles. The van der Waals surface area contributed by atoms with Gasteiger partial charge in [-0.1, -0.05) is 12.8 Å². The van der Waals surface area contributed by atoms with Gasteiger partial charge in [0, 0.05) is 23.9 Å². The van der Waals surface area contributed by atoms with E-state index in [0.717, 1.165) is 17.0 Å². The Balaban J connectivity index is 1.53. The minimum Gasteiger partial charge on any atom is -0.494 e. The summed E-state index contributed by atoms with van der Waals surface area (Å²) in [4.78, 5) is 19.0. The van der Waals surface area contributed by atoms with Gasteiger partial charge in [-0.2, -0.15) is 0 Å². The smallest absolute Gasteiger partial charge is 0.279 e. The fraction of sp³-hybridized carbons (Fsp3) is 0.435. The van der Waals surface area contributed by atoms with E-state index in [2.05, 4.69) is 29.5 Å². The number of amides is 1. The average molecular weight is 410 g/mol. The maximum absolute atomic E-state index is 13.1. The monoisotopic (exact) mass is 409 g/mol. The number of hydrogen-bond acceptors (Lipinski definition) is 3. The van der Waals surface area contributed by atoms with Gasteiger partial charge in [0.15, 0.2) is 0 Å². The highest BCUT2D eigenvalue weighted by Crippen LogP contribution is 2.34. The Kier molecular flexibility index (Phi) is 5.54. The van der Waals surface area contributed by atoms with Crippen LogP contribution in [-0.4, -0.2) is 27.9 Å². The lowest BCUT2D eigenvalue weighted by atomic mass is 10.1. The van der Waals surface area contributed by atoms with Crippen LogP contribution in [0.25, 0.3) is 0 Å². The lowest BCUT2D eigenvalue weighted by Crippen LogP contribution is -2.33. The highest BCUT2D eigenvalue weighted by Gasteiger charge is 2.32. The molecule has 4 rings (SSSR count). The standard InChI is InChI=1S/C23H27N3O2S/c1-4-28-20-11-9-19(10-12-20)26-22(27)21(24-23(26)29)14-17-13-15(2)25(16(17)3)18-7-5-6-8-18/h9-13,18H,4-8,14H2,1-3H3. The molecule has 1 saturated carbocycles. The summed E-state index contributed by atoms with van der Waals surface area (Å²) >= 11 is 5.41. The van der Waals surface area contributed by atoms with Crippen molar-refractivity contribution in [3.8, 4) is 5.75 Å². The summed E-state index contributed by atoms with van der Waals surface area (Å²) in [5.41, 5.74) is 4.91. The quantitative estimate of drug-likeness (QED) is 0.635. The van der Waals surface area contributed by atoms with Crippen LogP contribution < -0.4 is 9.64 Å². The molecule has 1 amide bonds. The minimum absolute atomic E-state index is 0.134. The molecular weight excluding hydrogens is 382 g/mol. The summed E-state index contributed by atoms with van der Waals surface area (Å²) in [6.07, 6.45) is 5.59. The lowest BCUT2D eigenvalue weighted by molar-refractivity contribution is -0.111. The van der Waals surface area contributed by atoms with Gasteiger partial charge in [-0.05, 0) is 81.7 Å². The van der Waals surface area contributed by atoms with Crippen LogP contribution in [-0.2, 0) is 11.2 Å². The second-order valence-corrected chi connectivity index (χ2v) is 8.16. The molecular formula is C23H27N3O2S. The van der Waals surface area contributed by atoms with Gasteiger partial charge in [0.1, 0.15) is 11.5 Å². The van der Waals surface area contributed by atoms with E-state index in [1.165, 1.54) is 42.0 Å². The number of aryl methyl sites for hydroxylation is 1. The molecule has 6 heteroatoms. The van der Waals surface area contributed by atoms with Crippen LogP contribution in [0.2, 0.25) is 0 Å². The molecule has 29 heavy (non-hydrogen) atoms. The fourth-order valence-corrected chi connectivity index (χ4v) is 4.86. The van der Waals surface area contributed by atoms with Crippen molar-refractivity contribution in [2.75, 3.05) is 11.5 Å². The van der Waals surface area contributed by atoms with Crippen molar-refractivity contribution in [2.24, 2.45) is 4.99 Å². The number of carbonyl (C=O) groups is 1. The first kappa shape index (κ1) is 19.8. The molecule has 1 aromatic heterocycles. The van der Waals surface area contributed by atoms with E-state index in [1.807, 2.05) is 31.2 Å². The van der Waals surface area contributed by atoms with E-state index in [1.54, 1.807) is 0 Å². The van der Waals surface area contributed by atoms with Crippen LogP contribution in [0.3, 0.4) is 0 Å². The molecule has 0 saturated heterocycles.